The van der Waals surface area contributed by atoms with E-state index in [1.165, 1.54) is 4.57 Å². The molecule has 1 amide bonds. The van der Waals surface area contributed by atoms with Crippen LogP contribution in [0, 0.1) is 0 Å². The van der Waals surface area contributed by atoms with Crippen molar-refractivity contribution < 1.29 is 9.21 Å². The van der Waals surface area contributed by atoms with E-state index >= 15 is 0 Å². The van der Waals surface area contributed by atoms with E-state index < -0.39 is 5.76 Å². The van der Waals surface area contributed by atoms with Crippen LogP contribution in [-0.4, -0.2) is 10.5 Å². The number of rotatable bonds is 2. The Bertz CT molecular complexity index is 831. The quantitative estimate of drug-likeness (QED) is 0.776. The Hall–Kier alpha value is -2.82. The minimum Gasteiger partial charge on any atom is -0.408 e. The zero-order valence-electron chi connectivity index (χ0n) is 10.8. The third-order valence-corrected chi connectivity index (χ3v) is 3.09. The van der Waals surface area contributed by atoms with Gasteiger partial charge in [-0.2, -0.15) is 0 Å². The summed E-state index contributed by atoms with van der Waals surface area (Å²) in [5, 5.41) is 2.77. The molecule has 100 valence electrons. The number of hydrogen-bond donors (Lipinski definition) is 1. The molecule has 0 saturated carbocycles. The van der Waals surface area contributed by atoms with E-state index in [4.69, 9.17) is 4.42 Å². The predicted molar refractivity (Wildman–Crippen MR) is 75.9 cm³/mol. The second-order valence-electron chi connectivity index (χ2n) is 4.43. The van der Waals surface area contributed by atoms with Gasteiger partial charge in [-0.1, -0.05) is 18.2 Å². The molecule has 5 heteroatoms. The van der Waals surface area contributed by atoms with E-state index in [0.29, 0.717) is 22.4 Å². The fraction of sp³-hybridized carbons (Fsp3) is 0.0667. The number of nitrogens with one attached hydrogen (secondary N) is 1. The standard InChI is InChI=1S/C15H12N2O3/c1-17-12-8-7-11(9-13(12)20-15(17)19)16-14(18)10-5-3-2-4-6-10/h2-9H,1H3,(H,16,18). The van der Waals surface area contributed by atoms with Gasteiger partial charge in [0.05, 0.1) is 5.52 Å². The van der Waals surface area contributed by atoms with Crippen molar-refractivity contribution in [2.75, 3.05) is 5.32 Å². The van der Waals surface area contributed by atoms with Crippen LogP contribution < -0.4 is 11.1 Å². The van der Waals surface area contributed by atoms with Gasteiger partial charge < -0.3 is 9.73 Å². The van der Waals surface area contributed by atoms with Gasteiger partial charge in [0.1, 0.15) is 0 Å². The summed E-state index contributed by atoms with van der Waals surface area (Å²) in [5.74, 6) is -0.630. The molecule has 1 N–H and O–H groups in total. The Morgan fingerprint density at radius 3 is 2.65 bits per heavy atom. The van der Waals surface area contributed by atoms with Gasteiger partial charge in [-0.05, 0) is 24.3 Å². The largest absolute Gasteiger partial charge is 0.419 e. The molecule has 2 aromatic carbocycles. The smallest absolute Gasteiger partial charge is 0.408 e. The van der Waals surface area contributed by atoms with Crippen molar-refractivity contribution in [2.45, 2.75) is 0 Å². The molecule has 0 saturated heterocycles. The molecule has 1 aromatic heterocycles. The summed E-state index contributed by atoms with van der Waals surface area (Å²) in [6, 6.07) is 14.0. The first-order valence-electron chi connectivity index (χ1n) is 6.11. The lowest BCUT2D eigenvalue weighted by Crippen LogP contribution is -2.11. The van der Waals surface area contributed by atoms with Crippen LogP contribution >= 0.6 is 0 Å². The van der Waals surface area contributed by atoms with Gasteiger partial charge in [0.15, 0.2) is 5.58 Å². The van der Waals surface area contributed by atoms with Crippen LogP contribution in [0.3, 0.4) is 0 Å². The Morgan fingerprint density at radius 1 is 1.15 bits per heavy atom. The molecular weight excluding hydrogens is 256 g/mol. The van der Waals surface area contributed by atoms with E-state index in [1.54, 1.807) is 49.5 Å². The molecule has 3 rings (SSSR count). The summed E-state index contributed by atoms with van der Waals surface area (Å²) in [6.45, 7) is 0. The number of carbonyl (C=O) groups excluding carboxylic acids is 1. The Kier molecular flexibility index (Phi) is 2.87. The van der Waals surface area contributed by atoms with Gasteiger partial charge >= 0.3 is 5.76 Å². The van der Waals surface area contributed by atoms with E-state index in [0.717, 1.165) is 0 Å². The molecule has 20 heavy (non-hydrogen) atoms. The Morgan fingerprint density at radius 2 is 1.90 bits per heavy atom. The maximum Gasteiger partial charge on any atom is 0.419 e. The third-order valence-electron chi connectivity index (χ3n) is 3.09. The first kappa shape index (κ1) is 12.2. The van der Waals surface area contributed by atoms with E-state index in [1.807, 2.05) is 6.07 Å². The fourth-order valence-corrected chi connectivity index (χ4v) is 2.00. The summed E-state index contributed by atoms with van der Waals surface area (Å²) >= 11 is 0. The molecule has 0 atom stereocenters. The highest BCUT2D eigenvalue weighted by Crippen LogP contribution is 2.18. The van der Waals surface area contributed by atoms with E-state index in [-0.39, 0.29) is 5.91 Å². The normalized spacial score (nSPS) is 10.7. The molecule has 0 aliphatic rings. The van der Waals surface area contributed by atoms with Crippen molar-refractivity contribution in [1.82, 2.24) is 4.57 Å². The molecule has 3 aromatic rings. The number of hydrogen-bond acceptors (Lipinski definition) is 3. The van der Waals surface area contributed by atoms with Crippen LogP contribution in [0.2, 0.25) is 0 Å². The van der Waals surface area contributed by atoms with E-state index in [9.17, 15) is 9.59 Å². The SMILES string of the molecule is Cn1c(=O)oc2cc(NC(=O)c3ccccc3)ccc21. The molecule has 0 bridgehead atoms. The molecule has 0 radical (unpaired) electrons. The van der Waals surface area contributed by atoms with Crippen molar-refractivity contribution in [3.8, 4) is 0 Å². The number of anilines is 1. The number of nitrogens with zero attached hydrogens (tertiary/aromatic N) is 1. The van der Waals surface area contributed by atoms with Gasteiger partial charge in [-0.15, -0.1) is 0 Å². The molecule has 0 aliphatic carbocycles. The molecule has 0 fully saturated rings. The number of fused-ring (bicyclic) bond motifs is 1. The van der Waals surface area contributed by atoms with Crippen molar-refractivity contribution in [3.63, 3.8) is 0 Å². The van der Waals surface area contributed by atoms with Crippen molar-refractivity contribution in [2.24, 2.45) is 7.05 Å². The first-order chi connectivity index (χ1) is 9.65. The number of benzene rings is 2. The highest BCUT2D eigenvalue weighted by atomic mass is 16.4. The van der Waals surface area contributed by atoms with Crippen LogP contribution in [0.15, 0.2) is 57.7 Å². The molecule has 5 nitrogen and oxygen atoms in total. The second-order valence-corrected chi connectivity index (χ2v) is 4.43. The molecule has 0 unspecified atom stereocenters. The van der Waals surface area contributed by atoms with Crippen LogP contribution in [0.4, 0.5) is 5.69 Å². The summed E-state index contributed by atoms with van der Waals surface area (Å²) in [5.41, 5.74) is 2.29. The summed E-state index contributed by atoms with van der Waals surface area (Å²) in [7, 11) is 1.64. The van der Waals surface area contributed by atoms with Gasteiger partial charge in [0.25, 0.3) is 5.91 Å². The second kappa shape index (κ2) is 4.70. The number of amides is 1. The molecular formula is C15H12N2O3. The number of aromatic nitrogens is 1. The Balaban J connectivity index is 1.92. The maximum atomic E-state index is 12.0. The van der Waals surface area contributed by atoms with Gasteiger partial charge in [0, 0.05) is 24.4 Å². The number of carbonyl (C=O) groups is 1. The zero-order valence-corrected chi connectivity index (χ0v) is 10.8. The van der Waals surface area contributed by atoms with Crippen LogP contribution in [0.1, 0.15) is 10.4 Å². The van der Waals surface area contributed by atoms with Gasteiger partial charge in [-0.3, -0.25) is 9.36 Å². The zero-order chi connectivity index (χ0) is 14.1. The highest BCUT2D eigenvalue weighted by Gasteiger charge is 2.09. The van der Waals surface area contributed by atoms with Crippen molar-refractivity contribution in [3.05, 3.63) is 64.6 Å². The lowest BCUT2D eigenvalue weighted by Gasteiger charge is -2.04. The third kappa shape index (κ3) is 2.09. The van der Waals surface area contributed by atoms with E-state index in [2.05, 4.69) is 5.32 Å². The van der Waals surface area contributed by atoms with Gasteiger partial charge in [-0.25, -0.2) is 4.79 Å². The van der Waals surface area contributed by atoms with Crippen molar-refractivity contribution >= 4 is 22.7 Å². The fourth-order valence-electron chi connectivity index (χ4n) is 2.00. The summed E-state index contributed by atoms with van der Waals surface area (Å²) < 4.78 is 6.50. The van der Waals surface area contributed by atoms with Gasteiger partial charge in [0.2, 0.25) is 0 Å². The maximum absolute atomic E-state index is 12.0. The van der Waals surface area contributed by atoms with Crippen LogP contribution in [0.5, 0.6) is 0 Å². The lowest BCUT2D eigenvalue weighted by molar-refractivity contribution is 0.102. The van der Waals surface area contributed by atoms with Crippen LogP contribution in [0.25, 0.3) is 11.1 Å². The van der Waals surface area contributed by atoms with Crippen molar-refractivity contribution in [1.29, 1.82) is 0 Å². The lowest BCUT2D eigenvalue weighted by atomic mass is 10.2. The minimum absolute atomic E-state index is 0.205. The summed E-state index contributed by atoms with van der Waals surface area (Å²) in [6.07, 6.45) is 0. The van der Waals surface area contributed by atoms with Crippen LogP contribution in [-0.2, 0) is 7.05 Å². The molecule has 1 heterocycles. The monoisotopic (exact) mass is 268 g/mol. The molecule has 0 aliphatic heterocycles. The number of aryl methyl sites for hydroxylation is 1. The highest BCUT2D eigenvalue weighted by molar-refractivity contribution is 6.04. The minimum atomic E-state index is -0.425. The Labute approximate surface area is 114 Å². The first-order valence-corrected chi connectivity index (χ1v) is 6.11. The average Bonchev–Trinajstić information content (AvgIpc) is 2.74. The topological polar surface area (TPSA) is 64.2 Å². The molecule has 0 spiro atoms. The average molecular weight is 268 g/mol. The summed E-state index contributed by atoms with van der Waals surface area (Å²) in [4.78, 5) is 23.4. The predicted octanol–water partition coefficient (Wildman–Crippen LogP) is 2.38. The number of oxazole rings is 1.